The summed E-state index contributed by atoms with van der Waals surface area (Å²) in [6.07, 6.45) is 1.55. The van der Waals surface area contributed by atoms with Crippen molar-refractivity contribution in [2.45, 2.75) is 6.92 Å². The fourth-order valence-corrected chi connectivity index (χ4v) is 3.60. The van der Waals surface area contributed by atoms with Gasteiger partial charge in [-0.3, -0.25) is 4.79 Å². The van der Waals surface area contributed by atoms with Crippen LogP contribution in [0.15, 0.2) is 54.3 Å². The molecule has 34 heavy (non-hydrogen) atoms. The number of benzene rings is 3. The van der Waals surface area contributed by atoms with Gasteiger partial charge in [-0.25, -0.2) is 9.18 Å². The van der Waals surface area contributed by atoms with Gasteiger partial charge in [-0.15, -0.1) is 0 Å². The van der Waals surface area contributed by atoms with E-state index in [9.17, 15) is 14.0 Å². The minimum absolute atomic E-state index is 0.0747. The fourth-order valence-electron chi connectivity index (χ4n) is 3.60. The van der Waals surface area contributed by atoms with Gasteiger partial charge < -0.3 is 23.7 Å². The molecule has 4 rings (SSSR count). The van der Waals surface area contributed by atoms with Gasteiger partial charge in [0.1, 0.15) is 17.3 Å². The number of ketones is 1. The van der Waals surface area contributed by atoms with Crippen LogP contribution in [0.2, 0.25) is 0 Å². The summed E-state index contributed by atoms with van der Waals surface area (Å²) >= 11 is 0. The molecule has 0 spiro atoms. The molecule has 0 radical (unpaired) electrons. The lowest BCUT2D eigenvalue weighted by molar-refractivity contribution is 0.0733. The van der Waals surface area contributed by atoms with Gasteiger partial charge in [-0.2, -0.15) is 0 Å². The van der Waals surface area contributed by atoms with Crippen LogP contribution in [0.3, 0.4) is 0 Å². The highest BCUT2D eigenvalue weighted by Crippen LogP contribution is 2.43. The van der Waals surface area contributed by atoms with Crippen LogP contribution in [-0.4, -0.2) is 33.1 Å². The molecule has 3 aromatic rings. The highest BCUT2D eigenvalue weighted by molar-refractivity contribution is 6.15. The molecule has 1 aliphatic heterocycles. The third kappa shape index (κ3) is 4.05. The quantitative estimate of drug-likeness (QED) is 0.289. The molecular formula is C26H21FO7. The Kier molecular flexibility index (Phi) is 6.23. The number of carbonyl (C=O) groups excluding carboxylic acids is 2. The van der Waals surface area contributed by atoms with Crippen LogP contribution in [0.1, 0.15) is 31.8 Å². The van der Waals surface area contributed by atoms with E-state index in [2.05, 4.69) is 0 Å². The van der Waals surface area contributed by atoms with Crippen molar-refractivity contribution in [3.05, 3.63) is 82.4 Å². The third-order valence-corrected chi connectivity index (χ3v) is 5.34. The first-order valence-corrected chi connectivity index (χ1v) is 10.2. The number of fused-ring (bicyclic) bond motifs is 1. The summed E-state index contributed by atoms with van der Waals surface area (Å²) in [7, 11) is 4.48. The Morgan fingerprint density at radius 1 is 0.882 bits per heavy atom. The maximum absolute atomic E-state index is 13.1. The Balaban J connectivity index is 1.65. The molecular weight excluding hydrogens is 443 g/mol. The molecule has 1 aliphatic rings. The van der Waals surface area contributed by atoms with Crippen molar-refractivity contribution < 1.29 is 37.7 Å². The van der Waals surface area contributed by atoms with Gasteiger partial charge in [0.25, 0.3) is 0 Å². The standard InChI is InChI=1S/C26H21FO7/c1-14-19(34-26(29)15-5-8-17(27)9-6-15)12-10-18-22(28)21(33-23(14)18)13-16-7-11-20(30-2)25(32-4)24(16)31-3/h5-13H,1-4H3/b21-13-. The second kappa shape index (κ2) is 9.27. The number of esters is 1. The van der Waals surface area contributed by atoms with Crippen LogP contribution in [0.5, 0.6) is 28.7 Å². The molecule has 1 heterocycles. The first-order valence-electron chi connectivity index (χ1n) is 10.2. The molecule has 3 aromatic carbocycles. The molecule has 0 aliphatic carbocycles. The first kappa shape index (κ1) is 22.8. The van der Waals surface area contributed by atoms with E-state index < -0.39 is 11.8 Å². The Morgan fingerprint density at radius 2 is 1.56 bits per heavy atom. The third-order valence-electron chi connectivity index (χ3n) is 5.34. The molecule has 8 heteroatoms. The largest absolute Gasteiger partial charge is 0.493 e. The van der Waals surface area contributed by atoms with Crippen molar-refractivity contribution in [3.8, 4) is 28.7 Å². The number of methoxy groups -OCH3 is 3. The van der Waals surface area contributed by atoms with Crippen LogP contribution in [0.25, 0.3) is 6.08 Å². The van der Waals surface area contributed by atoms with Crippen molar-refractivity contribution in [2.75, 3.05) is 21.3 Å². The Hall–Kier alpha value is -4.33. The number of halogens is 1. The molecule has 0 bridgehead atoms. The number of ether oxygens (including phenoxy) is 5. The lowest BCUT2D eigenvalue weighted by atomic mass is 10.1. The summed E-state index contributed by atoms with van der Waals surface area (Å²) in [5.41, 5.74) is 1.56. The van der Waals surface area contributed by atoms with Gasteiger partial charge in [0.15, 0.2) is 17.3 Å². The van der Waals surface area contributed by atoms with Crippen molar-refractivity contribution in [2.24, 2.45) is 0 Å². The normalized spacial score (nSPS) is 13.3. The van der Waals surface area contributed by atoms with Crippen LogP contribution < -0.4 is 23.7 Å². The molecule has 0 unspecified atom stereocenters. The number of carbonyl (C=O) groups is 2. The fraction of sp³-hybridized carbons (Fsp3) is 0.154. The van der Waals surface area contributed by atoms with Crippen molar-refractivity contribution >= 4 is 17.8 Å². The Labute approximate surface area is 195 Å². The van der Waals surface area contributed by atoms with Crippen LogP contribution in [0, 0.1) is 12.7 Å². The topological polar surface area (TPSA) is 80.3 Å². The zero-order valence-corrected chi connectivity index (χ0v) is 18.9. The monoisotopic (exact) mass is 464 g/mol. The molecule has 174 valence electrons. The predicted octanol–water partition coefficient (Wildman–Crippen LogP) is 5.00. The average molecular weight is 464 g/mol. The zero-order chi connectivity index (χ0) is 24.4. The second-order valence-corrected chi connectivity index (χ2v) is 7.33. The van der Waals surface area contributed by atoms with Crippen molar-refractivity contribution in [1.82, 2.24) is 0 Å². The smallest absolute Gasteiger partial charge is 0.343 e. The van der Waals surface area contributed by atoms with Crippen LogP contribution >= 0.6 is 0 Å². The van der Waals surface area contributed by atoms with E-state index >= 15 is 0 Å². The van der Waals surface area contributed by atoms with Crippen molar-refractivity contribution in [3.63, 3.8) is 0 Å². The van der Waals surface area contributed by atoms with Gasteiger partial charge in [0, 0.05) is 11.1 Å². The molecule has 7 nitrogen and oxygen atoms in total. The van der Waals surface area contributed by atoms with E-state index in [0.29, 0.717) is 39.7 Å². The maximum Gasteiger partial charge on any atom is 0.343 e. The van der Waals surface area contributed by atoms with Gasteiger partial charge in [0.05, 0.1) is 32.5 Å². The van der Waals surface area contributed by atoms with Gasteiger partial charge in [0.2, 0.25) is 11.5 Å². The molecule has 0 N–H and O–H groups in total. The number of hydrogen-bond donors (Lipinski definition) is 0. The number of hydrogen-bond acceptors (Lipinski definition) is 7. The molecule has 0 aromatic heterocycles. The first-order chi connectivity index (χ1) is 16.4. The Morgan fingerprint density at radius 3 is 2.21 bits per heavy atom. The predicted molar refractivity (Wildman–Crippen MR) is 122 cm³/mol. The number of rotatable bonds is 6. The van der Waals surface area contributed by atoms with Crippen LogP contribution in [0.4, 0.5) is 4.39 Å². The van der Waals surface area contributed by atoms with Crippen molar-refractivity contribution in [1.29, 1.82) is 0 Å². The number of Topliss-reactive ketones (excluding diaryl/α,β-unsaturated/α-hetero) is 1. The lowest BCUT2D eigenvalue weighted by Crippen LogP contribution is -2.09. The Bertz CT molecular complexity index is 1310. The minimum Gasteiger partial charge on any atom is -0.493 e. The highest BCUT2D eigenvalue weighted by atomic mass is 19.1. The highest BCUT2D eigenvalue weighted by Gasteiger charge is 2.31. The molecule has 0 amide bonds. The summed E-state index contributed by atoms with van der Waals surface area (Å²) in [5, 5.41) is 0. The van der Waals surface area contributed by atoms with E-state index in [4.69, 9.17) is 23.7 Å². The zero-order valence-electron chi connectivity index (χ0n) is 18.9. The summed E-state index contributed by atoms with van der Waals surface area (Å²) in [6, 6.07) is 11.5. The SMILES string of the molecule is COc1ccc(/C=C2\Oc3c(ccc(OC(=O)c4ccc(F)cc4)c3C)C2=O)c(OC)c1OC. The van der Waals surface area contributed by atoms with E-state index in [1.165, 1.54) is 57.7 Å². The molecule has 0 fully saturated rings. The second-order valence-electron chi connectivity index (χ2n) is 7.33. The minimum atomic E-state index is -0.654. The van der Waals surface area contributed by atoms with E-state index in [1.54, 1.807) is 25.1 Å². The van der Waals surface area contributed by atoms with E-state index in [0.717, 1.165) is 0 Å². The molecule has 0 atom stereocenters. The molecule has 0 saturated carbocycles. The average Bonchev–Trinajstić information content (AvgIpc) is 3.16. The summed E-state index contributed by atoms with van der Waals surface area (Å²) in [6.45, 7) is 1.68. The number of allylic oxidation sites excluding steroid dienone is 1. The summed E-state index contributed by atoms with van der Waals surface area (Å²) < 4.78 is 40.6. The van der Waals surface area contributed by atoms with Crippen LogP contribution in [-0.2, 0) is 0 Å². The maximum atomic E-state index is 13.1. The van der Waals surface area contributed by atoms with Gasteiger partial charge >= 0.3 is 5.97 Å². The van der Waals surface area contributed by atoms with Gasteiger partial charge in [-0.1, -0.05) is 0 Å². The molecule has 0 saturated heterocycles. The summed E-state index contributed by atoms with van der Waals surface area (Å²) in [5.74, 6) is 0.399. The van der Waals surface area contributed by atoms with E-state index in [-0.39, 0.29) is 22.9 Å². The van der Waals surface area contributed by atoms with E-state index in [1.807, 2.05) is 0 Å². The van der Waals surface area contributed by atoms with Gasteiger partial charge in [-0.05, 0) is 61.5 Å². The lowest BCUT2D eigenvalue weighted by Gasteiger charge is -2.14. The summed E-state index contributed by atoms with van der Waals surface area (Å²) in [4.78, 5) is 25.4.